The van der Waals surface area contributed by atoms with Gasteiger partial charge in [-0.1, -0.05) is 12.1 Å². The number of imidazole rings is 1. The molecule has 10 heteroatoms. The Hall–Kier alpha value is -3.02. The summed E-state index contributed by atoms with van der Waals surface area (Å²) in [6.07, 6.45) is 5.30. The van der Waals surface area contributed by atoms with E-state index in [-0.39, 0.29) is 29.8 Å². The number of pyridine rings is 1. The van der Waals surface area contributed by atoms with Crippen molar-refractivity contribution >= 4 is 35.6 Å². The predicted molar refractivity (Wildman–Crippen MR) is 124 cm³/mol. The molecule has 0 radical (unpaired) electrons. The van der Waals surface area contributed by atoms with Crippen LogP contribution in [0, 0.1) is 12.7 Å². The van der Waals surface area contributed by atoms with Crippen LogP contribution in [0.2, 0.25) is 0 Å². The van der Waals surface area contributed by atoms with E-state index in [0.717, 1.165) is 22.9 Å². The smallest absolute Gasteiger partial charge is 0.191 e. The third-order valence-corrected chi connectivity index (χ3v) is 4.58. The highest BCUT2D eigenvalue weighted by Gasteiger charge is 2.09. The Bertz CT molecular complexity index is 1170. The van der Waals surface area contributed by atoms with Gasteiger partial charge in [0.15, 0.2) is 17.4 Å². The molecule has 0 bridgehead atoms. The molecule has 0 amide bonds. The molecule has 2 N–H and O–H groups in total. The van der Waals surface area contributed by atoms with E-state index < -0.39 is 0 Å². The van der Waals surface area contributed by atoms with Crippen molar-refractivity contribution in [1.29, 1.82) is 0 Å². The number of rotatable bonds is 5. The quantitative estimate of drug-likeness (QED) is 0.240. The number of benzene rings is 1. The van der Waals surface area contributed by atoms with Crippen LogP contribution in [0.15, 0.2) is 60.0 Å². The Kier molecular flexibility index (Phi) is 6.98. The molecule has 0 aliphatic carbocycles. The van der Waals surface area contributed by atoms with Crippen LogP contribution in [-0.4, -0.2) is 37.2 Å². The summed E-state index contributed by atoms with van der Waals surface area (Å²) in [6, 6.07) is 10.9. The molecule has 30 heavy (non-hydrogen) atoms. The summed E-state index contributed by atoms with van der Waals surface area (Å²) in [6.45, 7) is 2.72. The van der Waals surface area contributed by atoms with Crippen molar-refractivity contribution < 1.29 is 4.39 Å². The van der Waals surface area contributed by atoms with Crippen molar-refractivity contribution in [3.63, 3.8) is 0 Å². The average Bonchev–Trinajstić information content (AvgIpc) is 3.34. The van der Waals surface area contributed by atoms with Crippen molar-refractivity contribution in [1.82, 2.24) is 34.8 Å². The van der Waals surface area contributed by atoms with E-state index in [1.807, 2.05) is 41.8 Å². The second kappa shape index (κ2) is 9.65. The Morgan fingerprint density at radius 3 is 2.67 bits per heavy atom. The van der Waals surface area contributed by atoms with Gasteiger partial charge >= 0.3 is 0 Å². The van der Waals surface area contributed by atoms with Crippen LogP contribution in [-0.2, 0) is 13.1 Å². The summed E-state index contributed by atoms with van der Waals surface area (Å²) in [7, 11) is 1.68. The van der Waals surface area contributed by atoms with Crippen LogP contribution in [0.25, 0.3) is 11.3 Å². The molecule has 0 saturated heterocycles. The number of hydrogen-bond acceptors (Lipinski definition) is 4. The van der Waals surface area contributed by atoms with Crippen molar-refractivity contribution in [3.8, 4) is 5.69 Å². The summed E-state index contributed by atoms with van der Waals surface area (Å²) in [5.74, 6) is 1.80. The zero-order valence-corrected chi connectivity index (χ0v) is 18.9. The van der Waals surface area contributed by atoms with Gasteiger partial charge in [-0.25, -0.2) is 9.37 Å². The van der Waals surface area contributed by atoms with Gasteiger partial charge in [0.05, 0.1) is 12.2 Å². The Morgan fingerprint density at radius 2 is 1.93 bits per heavy atom. The van der Waals surface area contributed by atoms with Crippen LogP contribution in [0.3, 0.4) is 0 Å². The molecule has 4 aromatic rings. The van der Waals surface area contributed by atoms with Crippen molar-refractivity contribution in [2.75, 3.05) is 7.05 Å². The molecule has 1 aromatic carbocycles. The lowest BCUT2D eigenvalue weighted by molar-refractivity contribution is 0.613. The number of hydrogen-bond donors (Lipinski definition) is 2. The summed E-state index contributed by atoms with van der Waals surface area (Å²) < 4.78 is 18.2. The number of halogens is 2. The third kappa shape index (κ3) is 4.58. The second-order valence-electron chi connectivity index (χ2n) is 6.45. The van der Waals surface area contributed by atoms with Crippen molar-refractivity contribution in [2.24, 2.45) is 4.99 Å². The fraction of sp³-hybridized carbons (Fsp3) is 0.200. The number of nitrogens with one attached hydrogen (secondary N) is 2. The van der Waals surface area contributed by atoms with Gasteiger partial charge in [-0.2, -0.15) is 0 Å². The number of aliphatic imine (C=N–C) groups is 1. The molecule has 4 rings (SSSR count). The van der Waals surface area contributed by atoms with Gasteiger partial charge < -0.3 is 15.2 Å². The summed E-state index contributed by atoms with van der Waals surface area (Å²) >= 11 is 0. The Labute approximate surface area is 190 Å². The highest BCUT2D eigenvalue weighted by atomic mass is 127. The maximum Gasteiger partial charge on any atom is 0.191 e. The maximum absolute atomic E-state index is 14.5. The number of fused-ring (bicyclic) bond motifs is 1. The first-order valence-corrected chi connectivity index (χ1v) is 9.17. The molecule has 0 saturated carbocycles. The normalized spacial score (nSPS) is 11.4. The Balaban J connectivity index is 0.00000256. The van der Waals surface area contributed by atoms with Crippen LogP contribution >= 0.6 is 24.0 Å². The van der Waals surface area contributed by atoms with Crippen LogP contribution < -0.4 is 10.6 Å². The monoisotopic (exact) mass is 520 g/mol. The molecule has 0 atom stereocenters. The first-order valence-electron chi connectivity index (χ1n) is 9.17. The van der Waals surface area contributed by atoms with Gasteiger partial charge in [-0.05, 0) is 36.8 Å². The van der Waals surface area contributed by atoms with Gasteiger partial charge in [0.1, 0.15) is 11.6 Å². The lowest BCUT2D eigenvalue weighted by Crippen LogP contribution is -2.36. The second-order valence-corrected chi connectivity index (χ2v) is 6.45. The minimum Gasteiger partial charge on any atom is -0.352 e. The molecule has 0 spiro atoms. The largest absolute Gasteiger partial charge is 0.352 e. The lowest BCUT2D eigenvalue weighted by Gasteiger charge is -2.12. The Morgan fingerprint density at radius 1 is 1.10 bits per heavy atom. The molecule has 3 heterocycles. The molecular formula is C20H22FIN8. The third-order valence-electron chi connectivity index (χ3n) is 4.58. The zero-order valence-electron chi connectivity index (χ0n) is 16.6. The highest BCUT2D eigenvalue weighted by molar-refractivity contribution is 14.0. The molecule has 0 fully saturated rings. The maximum atomic E-state index is 14.5. The van der Waals surface area contributed by atoms with Crippen molar-refractivity contribution in [3.05, 3.63) is 78.0 Å². The predicted octanol–water partition coefficient (Wildman–Crippen LogP) is 2.85. The summed E-state index contributed by atoms with van der Waals surface area (Å²) in [5, 5.41) is 14.7. The van der Waals surface area contributed by atoms with Gasteiger partial charge in [-0.3, -0.25) is 9.39 Å². The summed E-state index contributed by atoms with van der Waals surface area (Å²) in [5.41, 5.74) is 2.07. The lowest BCUT2D eigenvalue weighted by atomic mass is 10.2. The zero-order chi connectivity index (χ0) is 20.2. The topological polar surface area (TPSA) is 84.4 Å². The van der Waals surface area contributed by atoms with E-state index in [1.165, 1.54) is 6.07 Å². The number of aryl methyl sites for hydroxylation is 1. The first-order chi connectivity index (χ1) is 14.2. The van der Waals surface area contributed by atoms with Gasteiger partial charge in [0, 0.05) is 32.2 Å². The van der Waals surface area contributed by atoms with E-state index in [2.05, 4.69) is 30.8 Å². The highest BCUT2D eigenvalue weighted by Crippen LogP contribution is 2.16. The fourth-order valence-electron chi connectivity index (χ4n) is 3.07. The molecule has 0 aliphatic heterocycles. The molecule has 156 valence electrons. The van der Waals surface area contributed by atoms with E-state index in [9.17, 15) is 4.39 Å². The van der Waals surface area contributed by atoms with E-state index in [4.69, 9.17) is 0 Å². The van der Waals surface area contributed by atoms with Crippen LogP contribution in [0.5, 0.6) is 0 Å². The minimum absolute atomic E-state index is 0. The molecule has 0 aliphatic rings. The molecule has 0 unspecified atom stereocenters. The number of guanidine groups is 1. The molecular weight excluding hydrogens is 498 g/mol. The number of aromatic nitrogens is 5. The first kappa shape index (κ1) is 21.7. The van der Waals surface area contributed by atoms with Gasteiger partial charge in [0.25, 0.3) is 0 Å². The average molecular weight is 520 g/mol. The fourth-order valence-corrected chi connectivity index (χ4v) is 3.07. The van der Waals surface area contributed by atoms with E-state index in [0.29, 0.717) is 24.7 Å². The van der Waals surface area contributed by atoms with E-state index >= 15 is 0 Å². The molecule has 8 nitrogen and oxygen atoms in total. The minimum atomic E-state index is -0.303. The van der Waals surface area contributed by atoms with E-state index in [1.54, 1.807) is 30.1 Å². The van der Waals surface area contributed by atoms with Gasteiger partial charge in [0.2, 0.25) is 0 Å². The SMILES string of the molecule is CN=C(NCc1ccc(-n2ccnc2C)c(F)c1)NCc1nnc2ccccn12.I. The van der Waals surface area contributed by atoms with Crippen LogP contribution in [0.1, 0.15) is 17.2 Å². The summed E-state index contributed by atoms with van der Waals surface area (Å²) in [4.78, 5) is 8.34. The van der Waals surface area contributed by atoms with Crippen LogP contribution in [0.4, 0.5) is 4.39 Å². The number of nitrogens with zero attached hydrogens (tertiary/aromatic N) is 6. The van der Waals surface area contributed by atoms with Gasteiger partial charge in [-0.15, -0.1) is 34.2 Å². The molecule has 3 aromatic heterocycles. The van der Waals surface area contributed by atoms with Crippen molar-refractivity contribution in [2.45, 2.75) is 20.0 Å². The standard InChI is InChI=1S/C20H21FN8.HI/c1-14-23-8-10-28(14)17-7-6-15(11-16(17)21)12-24-20(22-2)25-13-19-27-26-18-5-3-4-9-29(18)19;/h3-11H,12-13H2,1-2H3,(H2,22,24,25);1H.